The van der Waals surface area contributed by atoms with Gasteiger partial charge in [0.25, 0.3) is 0 Å². The van der Waals surface area contributed by atoms with Crippen LogP contribution in [0.5, 0.6) is 0 Å². The second-order valence-electron chi connectivity index (χ2n) is 0.882. The summed E-state index contributed by atoms with van der Waals surface area (Å²) in [5.74, 6) is 1.19. The van der Waals surface area contributed by atoms with Crippen molar-refractivity contribution in [2.45, 2.75) is 0 Å². The SMILES string of the molecule is C1=NCCS1.[Ca+2].[H-].[H-]. The summed E-state index contributed by atoms with van der Waals surface area (Å²) in [5.41, 5.74) is 1.90. The fraction of sp³-hybridized carbons (Fsp3) is 0.667. The van der Waals surface area contributed by atoms with Gasteiger partial charge in [-0.1, -0.05) is 0 Å². The molecule has 1 aliphatic rings. The van der Waals surface area contributed by atoms with Gasteiger partial charge in [0.2, 0.25) is 0 Å². The molecule has 1 nitrogen and oxygen atoms in total. The van der Waals surface area contributed by atoms with E-state index in [2.05, 4.69) is 4.99 Å². The average Bonchev–Trinajstić information content (AvgIpc) is 1.76. The van der Waals surface area contributed by atoms with Crippen molar-refractivity contribution in [3.8, 4) is 0 Å². The molecule has 0 aromatic carbocycles. The molecule has 1 rings (SSSR count). The van der Waals surface area contributed by atoms with Gasteiger partial charge in [-0.2, -0.15) is 0 Å². The average molecular weight is 129 g/mol. The monoisotopic (exact) mass is 129 g/mol. The predicted molar refractivity (Wildman–Crippen MR) is 33.8 cm³/mol. The molecule has 0 aromatic heterocycles. The minimum absolute atomic E-state index is 0. The molecule has 0 N–H and O–H groups in total. The van der Waals surface area contributed by atoms with E-state index in [1.54, 1.807) is 11.8 Å². The minimum atomic E-state index is 0. The fourth-order valence-electron chi connectivity index (χ4n) is 0.264. The van der Waals surface area contributed by atoms with E-state index in [0.29, 0.717) is 0 Å². The summed E-state index contributed by atoms with van der Waals surface area (Å²) in [5, 5.41) is 0. The largest absolute Gasteiger partial charge is 2.00 e. The third-order valence-corrected chi connectivity index (χ3v) is 1.20. The molecule has 6 heavy (non-hydrogen) atoms. The smallest absolute Gasteiger partial charge is 1.00 e. The first kappa shape index (κ1) is 7.28. The van der Waals surface area contributed by atoms with Gasteiger partial charge in [0.05, 0.1) is 5.55 Å². The number of rotatable bonds is 0. The summed E-state index contributed by atoms with van der Waals surface area (Å²) in [7, 11) is 0. The van der Waals surface area contributed by atoms with E-state index in [9.17, 15) is 0 Å². The Morgan fingerprint density at radius 2 is 2.67 bits per heavy atom. The maximum Gasteiger partial charge on any atom is 2.00 e. The first-order valence-electron chi connectivity index (χ1n) is 1.60. The van der Waals surface area contributed by atoms with Crippen molar-refractivity contribution in [3.63, 3.8) is 0 Å². The van der Waals surface area contributed by atoms with E-state index in [4.69, 9.17) is 0 Å². The van der Waals surface area contributed by atoms with E-state index < -0.39 is 0 Å². The molecule has 0 saturated carbocycles. The second-order valence-corrected chi connectivity index (χ2v) is 1.83. The van der Waals surface area contributed by atoms with Gasteiger partial charge >= 0.3 is 37.7 Å². The van der Waals surface area contributed by atoms with Crippen LogP contribution in [-0.2, 0) is 0 Å². The first-order chi connectivity index (χ1) is 2.50. The first-order valence-corrected chi connectivity index (χ1v) is 2.65. The summed E-state index contributed by atoms with van der Waals surface area (Å²) in [6, 6.07) is 0. The Hall–Kier alpha value is 1.28. The Bertz CT molecular complexity index is 55.2. The molecular weight excluding hydrogens is 122 g/mol. The molecule has 1 aliphatic heterocycles. The number of aliphatic imine (C=N–C) groups is 1. The van der Waals surface area contributed by atoms with Crippen LogP contribution in [0.25, 0.3) is 0 Å². The van der Waals surface area contributed by atoms with E-state index in [1.807, 2.05) is 5.55 Å². The van der Waals surface area contributed by atoms with E-state index in [-0.39, 0.29) is 40.6 Å². The van der Waals surface area contributed by atoms with Gasteiger partial charge in [0, 0.05) is 12.3 Å². The van der Waals surface area contributed by atoms with E-state index >= 15 is 0 Å². The molecular formula is C3H7CaNS. The summed E-state index contributed by atoms with van der Waals surface area (Å²) in [6.45, 7) is 1.03. The Kier molecular flexibility index (Phi) is 5.39. The summed E-state index contributed by atoms with van der Waals surface area (Å²) in [4.78, 5) is 3.92. The van der Waals surface area contributed by atoms with Gasteiger partial charge in [-0.05, 0) is 0 Å². The van der Waals surface area contributed by atoms with Crippen molar-refractivity contribution in [1.29, 1.82) is 0 Å². The Labute approximate surface area is 74.6 Å². The van der Waals surface area contributed by atoms with Gasteiger partial charge in [-0.25, -0.2) is 0 Å². The van der Waals surface area contributed by atoms with Crippen LogP contribution < -0.4 is 0 Å². The van der Waals surface area contributed by atoms with Crippen LogP contribution >= 0.6 is 11.8 Å². The molecule has 0 amide bonds. The predicted octanol–water partition coefficient (Wildman–Crippen LogP) is 0.606. The maximum absolute atomic E-state index is 3.92. The van der Waals surface area contributed by atoms with Crippen molar-refractivity contribution < 1.29 is 2.85 Å². The van der Waals surface area contributed by atoms with Crippen molar-refractivity contribution in [2.75, 3.05) is 12.3 Å². The van der Waals surface area contributed by atoms with Gasteiger partial charge in [-0.3, -0.25) is 4.99 Å². The summed E-state index contributed by atoms with van der Waals surface area (Å²) < 4.78 is 0. The molecule has 0 radical (unpaired) electrons. The molecule has 0 bridgehead atoms. The second kappa shape index (κ2) is 4.44. The molecule has 3 heteroatoms. The normalized spacial score (nSPS) is 17.3. The third-order valence-electron chi connectivity index (χ3n) is 0.487. The number of hydrogen-bond acceptors (Lipinski definition) is 2. The number of nitrogens with zero attached hydrogens (tertiary/aromatic N) is 1. The van der Waals surface area contributed by atoms with Crippen LogP contribution in [0.4, 0.5) is 0 Å². The van der Waals surface area contributed by atoms with Crippen molar-refractivity contribution in [3.05, 3.63) is 0 Å². The quantitative estimate of drug-likeness (QED) is 0.436. The van der Waals surface area contributed by atoms with Gasteiger partial charge in [0.1, 0.15) is 0 Å². The Balaban J connectivity index is -0.0000000833. The zero-order valence-corrected chi connectivity index (χ0v) is 6.58. The van der Waals surface area contributed by atoms with Crippen molar-refractivity contribution in [2.24, 2.45) is 4.99 Å². The molecule has 32 valence electrons. The van der Waals surface area contributed by atoms with Gasteiger partial charge in [-0.15, -0.1) is 11.8 Å². The molecule has 0 aliphatic carbocycles. The van der Waals surface area contributed by atoms with Crippen molar-refractivity contribution in [1.82, 2.24) is 0 Å². The van der Waals surface area contributed by atoms with Crippen molar-refractivity contribution >= 4 is 55.0 Å². The van der Waals surface area contributed by atoms with Crippen LogP contribution in [0.15, 0.2) is 4.99 Å². The summed E-state index contributed by atoms with van der Waals surface area (Å²) >= 11 is 1.78. The van der Waals surface area contributed by atoms with Gasteiger partial charge in [0.15, 0.2) is 0 Å². The summed E-state index contributed by atoms with van der Waals surface area (Å²) in [6.07, 6.45) is 0. The van der Waals surface area contributed by atoms with E-state index in [1.165, 1.54) is 5.75 Å². The van der Waals surface area contributed by atoms with Crippen LogP contribution in [0.2, 0.25) is 0 Å². The van der Waals surface area contributed by atoms with Crippen LogP contribution in [0.3, 0.4) is 0 Å². The Morgan fingerprint density at radius 1 is 1.83 bits per heavy atom. The van der Waals surface area contributed by atoms with Crippen LogP contribution in [0, 0.1) is 0 Å². The number of hydrogen-bond donors (Lipinski definition) is 0. The zero-order chi connectivity index (χ0) is 3.54. The zero-order valence-electron chi connectivity index (χ0n) is 5.55. The molecule has 0 aromatic rings. The van der Waals surface area contributed by atoms with E-state index in [0.717, 1.165) is 6.54 Å². The standard InChI is InChI=1S/C3H5NS.Ca.2H/c1-2-5-3-4-1;;;/h3H,1-2H2;;;/q;+2;2*-1. The molecule has 1 heterocycles. The number of thioether (sulfide) groups is 1. The Morgan fingerprint density at radius 3 is 2.83 bits per heavy atom. The minimum Gasteiger partial charge on any atom is -1.00 e. The topological polar surface area (TPSA) is 12.4 Å². The molecule has 0 unspecified atom stereocenters. The van der Waals surface area contributed by atoms with Crippen LogP contribution in [0.1, 0.15) is 2.85 Å². The molecule has 0 fully saturated rings. The molecule has 0 spiro atoms. The molecule has 0 atom stereocenters. The van der Waals surface area contributed by atoms with Crippen LogP contribution in [-0.4, -0.2) is 55.6 Å². The maximum atomic E-state index is 3.92. The fourth-order valence-corrected chi connectivity index (χ4v) is 0.791. The molecule has 0 saturated heterocycles. The third kappa shape index (κ3) is 2.45. The van der Waals surface area contributed by atoms with Gasteiger partial charge < -0.3 is 2.85 Å².